The molecular formula is C18H24N2O3S2. The first-order valence-electron chi connectivity index (χ1n) is 9.06. The lowest BCUT2D eigenvalue weighted by atomic mass is 9.97. The van der Waals surface area contributed by atoms with Crippen molar-refractivity contribution in [1.82, 2.24) is 9.55 Å². The van der Waals surface area contributed by atoms with E-state index in [0.29, 0.717) is 13.2 Å². The summed E-state index contributed by atoms with van der Waals surface area (Å²) in [7, 11) is 1.70. The van der Waals surface area contributed by atoms with E-state index in [1.54, 1.807) is 30.2 Å². The smallest absolute Gasteiger partial charge is 0.263 e. The Kier molecular flexibility index (Phi) is 5.45. The third-order valence-electron chi connectivity index (χ3n) is 4.97. The van der Waals surface area contributed by atoms with Crippen LogP contribution < -0.4 is 5.56 Å². The Morgan fingerprint density at radius 3 is 3.04 bits per heavy atom. The monoisotopic (exact) mass is 380 g/mol. The molecular weight excluding hydrogens is 356 g/mol. The molecule has 2 aliphatic rings. The number of rotatable bonds is 6. The van der Waals surface area contributed by atoms with Gasteiger partial charge in [0.2, 0.25) is 0 Å². The Morgan fingerprint density at radius 1 is 1.36 bits per heavy atom. The number of methoxy groups -OCH3 is 1. The molecule has 25 heavy (non-hydrogen) atoms. The Hall–Kier alpha value is -0.890. The standard InChI is InChI=1S/C18H24N2O3S2/c1-22-9-10-24-18-19-16-15(13-6-2-3-7-14(13)25-16)17(21)20(18)11-12-5-4-8-23-12/h12H,2-11H2,1H3. The normalized spacial score (nSPS) is 20.3. The van der Waals surface area contributed by atoms with Gasteiger partial charge in [0.25, 0.3) is 5.56 Å². The highest BCUT2D eigenvalue weighted by molar-refractivity contribution is 7.99. The lowest BCUT2D eigenvalue weighted by molar-refractivity contribution is 0.0937. The maximum absolute atomic E-state index is 13.3. The minimum atomic E-state index is 0.125. The van der Waals surface area contributed by atoms with Crippen LogP contribution in [0.15, 0.2) is 9.95 Å². The third kappa shape index (κ3) is 3.52. The Bertz CT molecular complexity index is 809. The zero-order chi connectivity index (χ0) is 17.2. The topological polar surface area (TPSA) is 53.3 Å². The van der Waals surface area contributed by atoms with E-state index in [1.807, 2.05) is 4.57 Å². The van der Waals surface area contributed by atoms with E-state index in [-0.39, 0.29) is 11.7 Å². The van der Waals surface area contributed by atoms with Crippen LogP contribution in [0.4, 0.5) is 0 Å². The molecule has 0 amide bonds. The molecule has 1 fully saturated rings. The van der Waals surface area contributed by atoms with Crippen molar-refractivity contribution in [3.05, 3.63) is 20.8 Å². The number of nitrogens with zero attached hydrogens (tertiary/aromatic N) is 2. The number of hydrogen-bond acceptors (Lipinski definition) is 6. The van der Waals surface area contributed by atoms with Gasteiger partial charge in [-0.05, 0) is 44.1 Å². The van der Waals surface area contributed by atoms with Gasteiger partial charge in [0.15, 0.2) is 5.16 Å². The third-order valence-corrected chi connectivity index (χ3v) is 7.09. The van der Waals surface area contributed by atoms with E-state index in [2.05, 4.69) is 0 Å². The van der Waals surface area contributed by atoms with Crippen LogP contribution in [0.2, 0.25) is 0 Å². The van der Waals surface area contributed by atoms with Crippen LogP contribution in [0.3, 0.4) is 0 Å². The molecule has 1 unspecified atom stereocenters. The van der Waals surface area contributed by atoms with Crippen molar-refractivity contribution in [2.24, 2.45) is 0 Å². The summed E-state index contributed by atoms with van der Waals surface area (Å²) in [4.78, 5) is 20.5. The lowest BCUT2D eigenvalue weighted by Crippen LogP contribution is -2.29. The highest BCUT2D eigenvalue weighted by Crippen LogP contribution is 2.34. The van der Waals surface area contributed by atoms with Gasteiger partial charge in [-0.3, -0.25) is 9.36 Å². The molecule has 0 radical (unpaired) electrons. The summed E-state index contributed by atoms with van der Waals surface area (Å²) in [5.74, 6) is 0.797. The van der Waals surface area contributed by atoms with Gasteiger partial charge in [0.1, 0.15) is 4.83 Å². The van der Waals surface area contributed by atoms with E-state index < -0.39 is 0 Å². The highest BCUT2D eigenvalue weighted by atomic mass is 32.2. The second kappa shape index (κ2) is 7.78. The average Bonchev–Trinajstić information content (AvgIpc) is 3.25. The fraction of sp³-hybridized carbons (Fsp3) is 0.667. The molecule has 0 bridgehead atoms. The quantitative estimate of drug-likeness (QED) is 0.437. The fourth-order valence-corrected chi connectivity index (χ4v) is 5.91. The highest BCUT2D eigenvalue weighted by Gasteiger charge is 2.24. The summed E-state index contributed by atoms with van der Waals surface area (Å²) in [6.45, 7) is 2.07. The Labute approximate surface area is 155 Å². The van der Waals surface area contributed by atoms with Gasteiger partial charge in [0.05, 0.1) is 24.6 Å². The lowest BCUT2D eigenvalue weighted by Gasteiger charge is -2.16. The van der Waals surface area contributed by atoms with Gasteiger partial charge < -0.3 is 9.47 Å². The number of aryl methyl sites for hydroxylation is 2. The van der Waals surface area contributed by atoms with Crippen LogP contribution in [-0.4, -0.2) is 41.7 Å². The van der Waals surface area contributed by atoms with Crippen LogP contribution in [0, 0.1) is 0 Å². The first-order valence-corrected chi connectivity index (χ1v) is 10.9. The predicted octanol–water partition coefficient (Wildman–Crippen LogP) is 3.25. The molecule has 3 heterocycles. The summed E-state index contributed by atoms with van der Waals surface area (Å²) in [5, 5.41) is 1.68. The zero-order valence-electron chi connectivity index (χ0n) is 14.6. The second-order valence-electron chi connectivity index (χ2n) is 6.68. The van der Waals surface area contributed by atoms with Crippen LogP contribution in [0.1, 0.15) is 36.1 Å². The van der Waals surface area contributed by atoms with Crippen molar-refractivity contribution in [2.75, 3.05) is 26.1 Å². The van der Waals surface area contributed by atoms with E-state index in [0.717, 1.165) is 53.4 Å². The summed E-state index contributed by atoms with van der Waals surface area (Å²) in [5.41, 5.74) is 1.39. The number of fused-ring (bicyclic) bond motifs is 3. The fourth-order valence-electron chi connectivity index (χ4n) is 3.70. The Balaban J connectivity index is 1.77. The number of aromatic nitrogens is 2. The molecule has 1 aliphatic carbocycles. The average molecular weight is 381 g/mol. The van der Waals surface area contributed by atoms with Gasteiger partial charge in [-0.25, -0.2) is 4.98 Å². The summed E-state index contributed by atoms with van der Waals surface area (Å²) in [6.07, 6.45) is 6.74. The van der Waals surface area contributed by atoms with Crippen molar-refractivity contribution in [2.45, 2.75) is 56.3 Å². The van der Waals surface area contributed by atoms with Gasteiger partial charge in [-0.15, -0.1) is 11.3 Å². The van der Waals surface area contributed by atoms with Gasteiger partial charge in [0, 0.05) is 24.3 Å². The molecule has 2 aromatic rings. The second-order valence-corrected chi connectivity index (χ2v) is 8.82. The number of hydrogen-bond donors (Lipinski definition) is 0. The number of thiophene rings is 1. The molecule has 1 atom stereocenters. The van der Waals surface area contributed by atoms with Crippen molar-refractivity contribution < 1.29 is 9.47 Å². The zero-order valence-corrected chi connectivity index (χ0v) is 16.2. The molecule has 5 nitrogen and oxygen atoms in total. The summed E-state index contributed by atoms with van der Waals surface area (Å²) in [6, 6.07) is 0. The number of ether oxygens (including phenoxy) is 2. The first-order chi connectivity index (χ1) is 12.3. The van der Waals surface area contributed by atoms with E-state index in [1.165, 1.54) is 23.3 Å². The molecule has 0 N–H and O–H groups in total. The SMILES string of the molecule is COCCSc1nc2sc3c(c2c(=O)n1CC1CCCO1)CCCC3. The molecule has 0 spiro atoms. The number of thioether (sulfide) groups is 1. The predicted molar refractivity (Wildman–Crippen MR) is 102 cm³/mol. The van der Waals surface area contributed by atoms with Crippen LogP contribution in [0.25, 0.3) is 10.2 Å². The Morgan fingerprint density at radius 2 is 2.24 bits per heavy atom. The molecule has 4 rings (SSSR count). The molecule has 2 aromatic heterocycles. The van der Waals surface area contributed by atoms with Gasteiger partial charge in [-0.1, -0.05) is 11.8 Å². The van der Waals surface area contributed by atoms with Crippen molar-refractivity contribution in [3.8, 4) is 0 Å². The van der Waals surface area contributed by atoms with E-state index in [9.17, 15) is 4.79 Å². The summed E-state index contributed by atoms with van der Waals surface area (Å²) >= 11 is 3.33. The van der Waals surface area contributed by atoms with Crippen molar-refractivity contribution >= 4 is 33.3 Å². The minimum Gasteiger partial charge on any atom is -0.384 e. The minimum absolute atomic E-state index is 0.125. The molecule has 1 saturated heterocycles. The largest absolute Gasteiger partial charge is 0.384 e. The van der Waals surface area contributed by atoms with Crippen LogP contribution >= 0.6 is 23.1 Å². The molecule has 7 heteroatoms. The van der Waals surface area contributed by atoms with Crippen LogP contribution in [0.5, 0.6) is 0 Å². The van der Waals surface area contributed by atoms with Crippen molar-refractivity contribution in [3.63, 3.8) is 0 Å². The molecule has 1 aliphatic heterocycles. The maximum Gasteiger partial charge on any atom is 0.263 e. The maximum atomic E-state index is 13.3. The molecule has 0 aromatic carbocycles. The van der Waals surface area contributed by atoms with Gasteiger partial charge >= 0.3 is 0 Å². The van der Waals surface area contributed by atoms with Crippen molar-refractivity contribution in [1.29, 1.82) is 0 Å². The first kappa shape index (κ1) is 17.5. The van der Waals surface area contributed by atoms with E-state index >= 15 is 0 Å². The molecule has 136 valence electrons. The molecule has 0 saturated carbocycles. The summed E-state index contributed by atoms with van der Waals surface area (Å²) < 4.78 is 12.8. The van der Waals surface area contributed by atoms with E-state index in [4.69, 9.17) is 14.5 Å². The van der Waals surface area contributed by atoms with Gasteiger partial charge in [-0.2, -0.15) is 0 Å². The van der Waals surface area contributed by atoms with Crippen LogP contribution in [-0.2, 0) is 28.9 Å².